The van der Waals surface area contributed by atoms with Gasteiger partial charge in [-0.3, -0.25) is 10.1 Å². The summed E-state index contributed by atoms with van der Waals surface area (Å²) in [5.41, 5.74) is -0.489. The molecule has 0 aromatic heterocycles. The number of nitrogens with zero attached hydrogens (tertiary/aromatic N) is 1. The van der Waals surface area contributed by atoms with Crippen molar-refractivity contribution in [3.05, 3.63) is 0 Å². The third kappa shape index (κ3) is 11.3. The van der Waals surface area contributed by atoms with Crippen LogP contribution in [0.25, 0.3) is 0 Å². The molecule has 6 heteroatoms. The fourth-order valence-electron chi connectivity index (χ4n) is 2.75. The van der Waals surface area contributed by atoms with Crippen molar-refractivity contribution in [2.75, 3.05) is 13.1 Å². The first-order valence-corrected chi connectivity index (χ1v) is 9.98. The predicted octanol–water partition coefficient (Wildman–Crippen LogP) is 3.90. The summed E-state index contributed by atoms with van der Waals surface area (Å²) in [6.45, 7) is 17.0. The lowest BCUT2D eigenvalue weighted by molar-refractivity contribution is -0.133. The van der Waals surface area contributed by atoms with Gasteiger partial charge in [0.25, 0.3) is 0 Å². The Kier molecular flexibility index (Phi) is 11.5. The van der Waals surface area contributed by atoms with Gasteiger partial charge in [-0.15, -0.1) is 0 Å². The summed E-state index contributed by atoms with van der Waals surface area (Å²) < 4.78 is 5.24. The molecule has 0 saturated heterocycles. The number of hydrogen-bond donors (Lipinski definition) is 2. The second-order valence-corrected chi connectivity index (χ2v) is 8.39. The highest BCUT2D eigenvalue weighted by Crippen LogP contribution is 2.12. The second-order valence-electron chi connectivity index (χ2n) is 8.39. The predicted molar refractivity (Wildman–Crippen MR) is 107 cm³/mol. The van der Waals surface area contributed by atoms with E-state index in [0.717, 1.165) is 32.2 Å². The van der Waals surface area contributed by atoms with E-state index in [9.17, 15) is 9.59 Å². The quantitative estimate of drug-likeness (QED) is 0.427. The molecule has 0 heterocycles. The van der Waals surface area contributed by atoms with Crippen LogP contribution in [-0.2, 0) is 9.53 Å². The first-order valence-electron chi connectivity index (χ1n) is 9.98. The molecular weight excluding hydrogens is 330 g/mol. The lowest BCUT2D eigenvalue weighted by Gasteiger charge is -2.36. The SMILES string of the molecule is CCCCCN(C(C)=O)C(N[C@H](C)CCNC(=O)OC(C)(C)C)C(C)C. The van der Waals surface area contributed by atoms with E-state index in [4.69, 9.17) is 4.74 Å². The fourth-order valence-corrected chi connectivity index (χ4v) is 2.75. The summed E-state index contributed by atoms with van der Waals surface area (Å²) in [6.07, 6.45) is 3.66. The van der Waals surface area contributed by atoms with E-state index in [2.05, 4.69) is 38.3 Å². The number of unbranched alkanes of at least 4 members (excludes halogenated alkanes) is 2. The Morgan fingerprint density at radius 2 is 1.73 bits per heavy atom. The molecule has 0 saturated carbocycles. The summed E-state index contributed by atoms with van der Waals surface area (Å²) in [5.74, 6) is 0.410. The van der Waals surface area contributed by atoms with Gasteiger partial charge in [0.05, 0.1) is 6.17 Å². The van der Waals surface area contributed by atoms with Crippen LogP contribution in [0.15, 0.2) is 0 Å². The van der Waals surface area contributed by atoms with Crippen molar-refractivity contribution < 1.29 is 14.3 Å². The first kappa shape index (κ1) is 24.7. The second kappa shape index (κ2) is 12.2. The molecule has 2 atom stereocenters. The molecule has 0 aliphatic rings. The van der Waals surface area contributed by atoms with Crippen LogP contribution in [0.3, 0.4) is 0 Å². The average Bonchev–Trinajstić information content (AvgIpc) is 2.47. The van der Waals surface area contributed by atoms with E-state index in [1.807, 2.05) is 25.7 Å². The Hall–Kier alpha value is -1.30. The molecule has 0 fully saturated rings. The van der Waals surface area contributed by atoms with Crippen LogP contribution in [0.1, 0.15) is 81.1 Å². The Balaban J connectivity index is 4.54. The minimum absolute atomic E-state index is 0.000817. The van der Waals surface area contributed by atoms with Gasteiger partial charge in [-0.2, -0.15) is 0 Å². The molecule has 2 N–H and O–H groups in total. The number of alkyl carbamates (subject to hydrolysis) is 1. The maximum atomic E-state index is 12.1. The largest absolute Gasteiger partial charge is 0.444 e. The number of nitrogens with one attached hydrogen (secondary N) is 2. The Labute approximate surface area is 160 Å². The van der Waals surface area contributed by atoms with Gasteiger partial charge in [0, 0.05) is 26.1 Å². The highest BCUT2D eigenvalue weighted by atomic mass is 16.6. The Morgan fingerprint density at radius 3 is 2.19 bits per heavy atom. The monoisotopic (exact) mass is 371 g/mol. The molecule has 0 rings (SSSR count). The van der Waals surface area contributed by atoms with Gasteiger partial charge >= 0.3 is 6.09 Å². The lowest BCUT2D eigenvalue weighted by Crippen LogP contribution is -2.54. The maximum Gasteiger partial charge on any atom is 0.407 e. The molecule has 0 radical (unpaired) electrons. The van der Waals surface area contributed by atoms with Crippen molar-refractivity contribution in [3.63, 3.8) is 0 Å². The van der Waals surface area contributed by atoms with Gasteiger partial charge < -0.3 is 15.0 Å². The van der Waals surface area contributed by atoms with Crippen molar-refractivity contribution in [1.82, 2.24) is 15.5 Å². The molecule has 154 valence electrons. The molecular formula is C20H41N3O3. The number of rotatable bonds is 11. The fraction of sp³-hybridized carbons (Fsp3) is 0.900. The summed E-state index contributed by atoms with van der Waals surface area (Å²) >= 11 is 0. The Morgan fingerprint density at radius 1 is 1.12 bits per heavy atom. The average molecular weight is 372 g/mol. The van der Waals surface area contributed by atoms with E-state index in [0.29, 0.717) is 12.5 Å². The van der Waals surface area contributed by atoms with Crippen LogP contribution >= 0.6 is 0 Å². The minimum Gasteiger partial charge on any atom is -0.444 e. The zero-order chi connectivity index (χ0) is 20.3. The van der Waals surface area contributed by atoms with Crippen molar-refractivity contribution in [2.45, 2.75) is 98.9 Å². The van der Waals surface area contributed by atoms with E-state index in [1.165, 1.54) is 0 Å². The lowest BCUT2D eigenvalue weighted by atomic mass is 10.1. The first-order chi connectivity index (χ1) is 12.0. The summed E-state index contributed by atoms with van der Waals surface area (Å²) in [7, 11) is 0. The molecule has 1 unspecified atom stereocenters. The normalized spacial score (nSPS) is 14.0. The van der Waals surface area contributed by atoms with Crippen molar-refractivity contribution in [3.8, 4) is 0 Å². The van der Waals surface area contributed by atoms with Crippen LogP contribution in [0.4, 0.5) is 4.79 Å². The maximum absolute atomic E-state index is 12.1. The van der Waals surface area contributed by atoms with Gasteiger partial charge in [0.1, 0.15) is 5.60 Å². The van der Waals surface area contributed by atoms with Crippen molar-refractivity contribution >= 4 is 12.0 Å². The highest BCUT2D eigenvalue weighted by Gasteiger charge is 2.25. The Bertz CT molecular complexity index is 419. The zero-order valence-corrected chi connectivity index (χ0v) is 18.1. The smallest absolute Gasteiger partial charge is 0.407 e. The topological polar surface area (TPSA) is 70.7 Å². The van der Waals surface area contributed by atoms with Crippen LogP contribution in [-0.4, -0.2) is 47.8 Å². The van der Waals surface area contributed by atoms with Gasteiger partial charge in [-0.25, -0.2) is 4.79 Å². The minimum atomic E-state index is -0.489. The zero-order valence-electron chi connectivity index (χ0n) is 18.1. The molecule has 26 heavy (non-hydrogen) atoms. The molecule has 0 aromatic rings. The number of amides is 2. The molecule has 0 aliphatic carbocycles. The summed E-state index contributed by atoms with van der Waals surface area (Å²) in [5, 5.41) is 6.34. The summed E-state index contributed by atoms with van der Waals surface area (Å²) in [6, 6.07) is 0.172. The van der Waals surface area contributed by atoms with Crippen molar-refractivity contribution in [1.29, 1.82) is 0 Å². The molecule has 2 amide bonds. The van der Waals surface area contributed by atoms with Crippen LogP contribution in [0.2, 0.25) is 0 Å². The van der Waals surface area contributed by atoms with E-state index in [-0.39, 0.29) is 18.1 Å². The summed E-state index contributed by atoms with van der Waals surface area (Å²) in [4.78, 5) is 25.8. The third-order valence-corrected chi connectivity index (χ3v) is 4.08. The molecule has 0 aromatic carbocycles. The van der Waals surface area contributed by atoms with Gasteiger partial charge in [0.2, 0.25) is 5.91 Å². The highest BCUT2D eigenvalue weighted by molar-refractivity contribution is 5.73. The van der Waals surface area contributed by atoms with E-state index >= 15 is 0 Å². The van der Waals surface area contributed by atoms with Gasteiger partial charge in [-0.1, -0.05) is 33.6 Å². The molecule has 0 bridgehead atoms. The third-order valence-electron chi connectivity index (χ3n) is 4.08. The van der Waals surface area contributed by atoms with Crippen LogP contribution in [0.5, 0.6) is 0 Å². The molecule has 6 nitrogen and oxygen atoms in total. The number of carbonyl (C=O) groups excluding carboxylic acids is 2. The number of hydrogen-bond acceptors (Lipinski definition) is 4. The van der Waals surface area contributed by atoms with E-state index < -0.39 is 11.7 Å². The number of ether oxygens (including phenoxy) is 1. The van der Waals surface area contributed by atoms with Crippen LogP contribution in [0, 0.1) is 5.92 Å². The number of carbonyl (C=O) groups is 2. The van der Waals surface area contributed by atoms with Crippen LogP contribution < -0.4 is 10.6 Å². The van der Waals surface area contributed by atoms with Gasteiger partial charge in [0.15, 0.2) is 0 Å². The van der Waals surface area contributed by atoms with Crippen molar-refractivity contribution in [2.24, 2.45) is 5.92 Å². The molecule has 0 spiro atoms. The standard InChI is InChI=1S/C20H41N3O3/c1-9-10-11-14-23(17(5)24)18(15(2)3)22-16(4)12-13-21-19(25)26-20(6,7)8/h15-16,18,22H,9-14H2,1-8H3,(H,21,25)/t16-,18?/m1/s1. The molecule has 0 aliphatic heterocycles. The van der Waals surface area contributed by atoms with E-state index in [1.54, 1.807) is 6.92 Å². The van der Waals surface area contributed by atoms with Gasteiger partial charge in [-0.05, 0) is 46.5 Å².